The summed E-state index contributed by atoms with van der Waals surface area (Å²) in [7, 11) is 1.30. The quantitative estimate of drug-likeness (QED) is 0.399. The lowest BCUT2D eigenvalue weighted by molar-refractivity contribution is 0.117. The molecule has 2 aromatic rings. The zero-order valence-corrected chi connectivity index (χ0v) is 19.0. The molecule has 156 valence electrons. The second-order valence-corrected chi connectivity index (χ2v) is 10.1. The molecule has 2 aromatic carbocycles. The van der Waals surface area contributed by atoms with Crippen molar-refractivity contribution in [3.05, 3.63) is 60.7 Å². The molecule has 3 nitrogen and oxygen atoms in total. The van der Waals surface area contributed by atoms with E-state index in [2.05, 4.69) is 79.5 Å². The average molecular weight is 411 g/mol. The molecule has 0 amide bonds. The van der Waals surface area contributed by atoms with Crippen molar-refractivity contribution in [3.8, 4) is 0 Å². The van der Waals surface area contributed by atoms with Gasteiger partial charge in [-0.1, -0.05) is 80.9 Å². The second-order valence-electron chi connectivity index (χ2n) is 7.72. The van der Waals surface area contributed by atoms with Gasteiger partial charge in [0.2, 0.25) is 0 Å². The highest BCUT2D eigenvalue weighted by atomic mass is 31.1. The van der Waals surface area contributed by atoms with Gasteiger partial charge < -0.3 is 4.74 Å². The first-order valence-electron chi connectivity index (χ1n) is 11.0. The third-order valence-corrected chi connectivity index (χ3v) is 8.62. The smallest absolute Gasteiger partial charge is 0.0704 e. The Morgan fingerprint density at radius 1 is 1.07 bits per heavy atom. The number of rotatable bonds is 10. The Bertz CT molecular complexity index is 710. The maximum atomic E-state index is 5.46. The van der Waals surface area contributed by atoms with E-state index >= 15 is 0 Å². The zero-order valence-electron chi connectivity index (χ0n) is 18.1. The molecule has 3 rings (SSSR count). The van der Waals surface area contributed by atoms with E-state index < -0.39 is 7.92 Å². The summed E-state index contributed by atoms with van der Waals surface area (Å²) in [5, 5.41) is 10.5. The van der Waals surface area contributed by atoms with Gasteiger partial charge in [-0.25, -0.2) is 0 Å². The molecule has 1 aliphatic heterocycles. The summed E-state index contributed by atoms with van der Waals surface area (Å²) >= 11 is 0. The summed E-state index contributed by atoms with van der Waals surface area (Å²) in [5.41, 5.74) is 1.83. The zero-order chi connectivity index (χ0) is 20.5. The van der Waals surface area contributed by atoms with Gasteiger partial charge in [-0.2, -0.15) is 5.10 Å². The van der Waals surface area contributed by atoms with E-state index in [1.165, 1.54) is 29.2 Å². The molecular weight excluding hydrogens is 375 g/mol. The van der Waals surface area contributed by atoms with Gasteiger partial charge in [0.1, 0.15) is 0 Å². The van der Waals surface area contributed by atoms with Crippen LogP contribution in [0.4, 0.5) is 0 Å². The molecular formula is C25H35N2OP. The number of hydrogen-bond donors (Lipinski definition) is 0. The van der Waals surface area contributed by atoms with Gasteiger partial charge in [0.05, 0.1) is 12.6 Å². The number of hydrazone groups is 1. The van der Waals surface area contributed by atoms with Crippen LogP contribution in [0.15, 0.2) is 65.8 Å². The highest BCUT2D eigenvalue weighted by Gasteiger charge is 2.30. The first kappa shape index (κ1) is 22.0. The molecule has 0 unspecified atom stereocenters. The molecule has 1 aliphatic rings. The minimum absolute atomic E-state index is 0.420. The molecule has 0 aromatic heterocycles. The van der Waals surface area contributed by atoms with Crippen molar-refractivity contribution in [2.75, 3.05) is 20.3 Å². The molecule has 0 bridgehead atoms. The third kappa shape index (κ3) is 5.68. The minimum Gasteiger partial charge on any atom is -0.382 e. The molecule has 0 spiro atoms. The van der Waals surface area contributed by atoms with Crippen LogP contribution in [0, 0.1) is 0 Å². The molecule has 1 fully saturated rings. The van der Waals surface area contributed by atoms with Gasteiger partial charge in [-0.05, 0) is 44.2 Å². The lowest BCUT2D eigenvalue weighted by Gasteiger charge is -2.31. The van der Waals surface area contributed by atoms with Crippen LogP contribution in [-0.4, -0.2) is 42.7 Å². The molecule has 1 heterocycles. The van der Waals surface area contributed by atoms with Crippen LogP contribution < -0.4 is 10.6 Å². The van der Waals surface area contributed by atoms with Crippen molar-refractivity contribution in [2.45, 2.75) is 57.7 Å². The van der Waals surface area contributed by atoms with E-state index in [1.807, 2.05) is 0 Å². The van der Waals surface area contributed by atoms with Crippen LogP contribution in [0.1, 0.15) is 46.0 Å². The fourth-order valence-corrected chi connectivity index (χ4v) is 7.12. The van der Waals surface area contributed by atoms with E-state index in [0.29, 0.717) is 11.7 Å². The summed E-state index contributed by atoms with van der Waals surface area (Å²) < 4.78 is 5.46. The van der Waals surface area contributed by atoms with E-state index in [1.54, 1.807) is 7.11 Å². The summed E-state index contributed by atoms with van der Waals surface area (Å²) in [6.07, 6.45) is 5.69. The second kappa shape index (κ2) is 11.5. The van der Waals surface area contributed by atoms with Crippen LogP contribution in [0.25, 0.3) is 0 Å². The normalized spacial score (nSPS) is 18.4. The first-order valence-corrected chi connectivity index (χ1v) is 12.4. The summed E-state index contributed by atoms with van der Waals surface area (Å²) in [4.78, 5) is 0. The molecule has 29 heavy (non-hydrogen) atoms. The monoisotopic (exact) mass is 410 g/mol. The Hall–Kier alpha value is -1.70. The van der Waals surface area contributed by atoms with Crippen molar-refractivity contribution in [1.29, 1.82) is 0 Å². The number of benzene rings is 2. The highest BCUT2D eigenvalue weighted by Crippen LogP contribution is 2.43. The molecule has 2 atom stereocenters. The maximum absolute atomic E-state index is 5.46. The topological polar surface area (TPSA) is 24.8 Å². The fourth-order valence-electron chi connectivity index (χ4n) is 4.27. The van der Waals surface area contributed by atoms with E-state index in [0.717, 1.165) is 32.4 Å². The molecule has 0 saturated carbocycles. The summed E-state index contributed by atoms with van der Waals surface area (Å²) in [6.45, 7) is 6.41. The SMILES string of the molecule is CCC/C(=N/N1CCC[C@H]1COC)[C@@H](CC)P(c1ccccc1)c1ccccc1. The van der Waals surface area contributed by atoms with Gasteiger partial charge >= 0.3 is 0 Å². The Morgan fingerprint density at radius 2 is 1.69 bits per heavy atom. The number of hydrogen-bond acceptors (Lipinski definition) is 3. The summed E-state index contributed by atoms with van der Waals surface area (Å²) in [6, 6.07) is 22.5. The predicted octanol–water partition coefficient (Wildman–Crippen LogP) is 5.16. The van der Waals surface area contributed by atoms with Gasteiger partial charge in [-0.3, -0.25) is 5.01 Å². The fraction of sp³-hybridized carbons (Fsp3) is 0.480. The molecule has 0 aliphatic carbocycles. The van der Waals surface area contributed by atoms with Crippen molar-refractivity contribution in [3.63, 3.8) is 0 Å². The van der Waals surface area contributed by atoms with Crippen LogP contribution >= 0.6 is 7.92 Å². The molecule has 0 N–H and O–H groups in total. The van der Waals surface area contributed by atoms with E-state index in [-0.39, 0.29) is 0 Å². The standard InChI is InChI=1S/C25H35N2OP/c1-4-13-24(26-27-19-12-14-21(27)20-28-3)25(5-2)29(22-15-8-6-9-16-22)23-17-10-7-11-18-23/h6-11,15-18,21,25H,4-5,12-14,19-20H2,1-3H3/b26-24-/t21-,25+/m0/s1. The van der Waals surface area contributed by atoms with Crippen LogP contribution in [0.2, 0.25) is 0 Å². The Labute approximate surface area is 177 Å². The number of ether oxygens (including phenoxy) is 1. The first-order chi connectivity index (χ1) is 14.3. The molecule has 4 heteroatoms. The van der Waals surface area contributed by atoms with E-state index in [4.69, 9.17) is 9.84 Å². The lowest BCUT2D eigenvalue weighted by atomic mass is 10.1. The highest BCUT2D eigenvalue weighted by molar-refractivity contribution is 7.74. The van der Waals surface area contributed by atoms with Crippen molar-refractivity contribution in [2.24, 2.45) is 5.10 Å². The van der Waals surface area contributed by atoms with Gasteiger partial charge in [-0.15, -0.1) is 0 Å². The van der Waals surface area contributed by atoms with Crippen LogP contribution in [0.5, 0.6) is 0 Å². The predicted molar refractivity (Wildman–Crippen MR) is 127 cm³/mol. The Morgan fingerprint density at radius 3 is 2.21 bits per heavy atom. The van der Waals surface area contributed by atoms with Crippen molar-refractivity contribution >= 4 is 24.2 Å². The van der Waals surface area contributed by atoms with Crippen LogP contribution in [-0.2, 0) is 4.74 Å². The molecule has 1 saturated heterocycles. The van der Waals surface area contributed by atoms with Gasteiger partial charge in [0.25, 0.3) is 0 Å². The Balaban J connectivity index is 1.99. The average Bonchev–Trinajstić information content (AvgIpc) is 3.20. The van der Waals surface area contributed by atoms with Crippen molar-refractivity contribution in [1.82, 2.24) is 5.01 Å². The molecule has 0 radical (unpaired) electrons. The number of methoxy groups -OCH3 is 1. The minimum atomic E-state index is -0.496. The van der Waals surface area contributed by atoms with Crippen molar-refractivity contribution < 1.29 is 4.74 Å². The van der Waals surface area contributed by atoms with Gasteiger partial charge in [0, 0.05) is 25.0 Å². The van der Waals surface area contributed by atoms with Gasteiger partial charge in [0.15, 0.2) is 0 Å². The summed E-state index contributed by atoms with van der Waals surface area (Å²) in [5.74, 6) is 0. The van der Waals surface area contributed by atoms with E-state index in [9.17, 15) is 0 Å². The Kier molecular flexibility index (Phi) is 8.70. The maximum Gasteiger partial charge on any atom is 0.0704 e. The van der Waals surface area contributed by atoms with Crippen LogP contribution in [0.3, 0.4) is 0 Å². The third-order valence-electron chi connectivity index (χ3n) is 5.62. The lowest BCUT2D eigenvalue weighted by Crippen LogP contribution is -2.34. The number of nitrogens with zero attached hydrogens (tertiary/aromatic N) is 2. The largest absolute Gasteiger partial charge is 0.382 e.